The van der Waals surface area contributed by atoms with Gasteiger partial charge >= 0.3 is 6.03 Å². The van der Waals surface area contributed by atoms with Gasteiger partial charge < -0.3 is 25.2 Å². The fourth-order valence-corrected chi connectivity index (χ4v) is 10.2. The lowest BCUT2D eigenvalue weighted by Crippen LogP contribution is -2.61. The first-order valence-corrected chi connectivity index (χ1v) is 18.9. The number of hydrogen-bond acceptors (Lipinski definition) is 8. The molecule has 1 aromatic heterocycles. The van der Waals surface area contributed by atoms with Gasteiger partial charge in [0.15, 0.2) is 6.29 Å². The van der Waals surface area contributed by atoms with Gasteiger partial charge in [-0.25, -0.2) is 9.48 Å². The summed E-state index contributed by atoms with van der Waals surface area (Å²) in [5, 5.41) is 28.7. The minimum atomic E-state index is -0.561. The SMILES string of the molecule is C[C@@H]1[C@H](CSc2nnnn2C)O[C@H](c2ccc(-c3cccc(CNC(=O)NC45CC6CC(CC(C6)C4)C5)c3)cc2)O[C@@H]1c1ccc(CO)cc1. The highest BCUT2D eigenvalue weighted by Crippen LogP contribution is 2.55. The van der Waals surface area contributed by atoms with Crippen LogP contribution in [-0.2, 0) is 29.7 Å². The van der Waals surface area contributed by atoms with E-state index in [-0.39, 0.29) is 36.3 Å². The molecular formula is C39H46N6O4S. The van der Waals surface area contributed by atoms with Crippen LogP contribution >= 0.6 is 11.8 Å². The third kappa shape index (κ3) is 7.06. The Morgan fingerprint density at radius 3 is 2.28 bits per heavy atom. The zero-order valence-corrected chi connectivity index (χ0v) is 29.5. The van der Waals surface area contributed by atoms with Crippen LogP contribution in [0.15, 0.2) is 78.0 Å². The van der Waals surface area contributed by atoms with Gasteiger partial charge in [-0.05, 0) is 101 Å². The lowest BCUT2D eigenvalue weighted by molar-refractivity contribution is -0.268. The number of carbonyl (C=O) groups excluding carboxylic acids is 1. The molecule has 0 spiro atoms. The van der Waals surface area contributed by atoms with Gasteiger partial charge in [-0.1, -0.05) is 85.4 Å². The molecule has 3 N–H and O–H groups in total. The molecule has 0 unspecified atom stereocenters. The first-order valence-electron chi connectivity index (χ1n) is 17.9. The van der Waals surface area contributed by atoms with Crippen molar-refractivity contribution in [1.29, 1.82) is 0 Å². The predicted octanol–water partition coefficient (Wildman–Crippen LogP) is 6.72. The molecule has 2 heterocycles. The van der Waals surface area contributed by atoms with Gasteiger partial charge in [0.05, 0.1) is 18.8 Å². The van der Waals surface area contributed by atoms with Crippen LogP contribution in [0.25, 0.3) is 11.1 Å². The number of carbonyl (C=O) groups is 1. The van der Waals surface area contributed by atoms with E-state index in [9.17, 15) is 9.90 Å². The molecule has 1 aliphatic heterocycles. The van der Waals surface area contributed by atoms with E-state index in [4.69, 9.17) is 9.47 Å². The number of ether oxygens (including phenoxy) is 2. The summed E-state index contributed by atoms with van der Waals surface area (Å²) in [6.07, 6.45) is 6.63. The number of tetrazole rings is 1. The van der Waals surface area contributed by atoms with E-state index in [0.717, 1.165) is 75.6 Å². The van der Waals surface area contributed by atoms with Crippen LogP contribution in [0.4, 0.5) is 4.79 Å². The fourth-order valence-electron chi connectivity index (χ4n) is 9.23. The van der Waals surface area contributed by atoms with Crippen molar-refractivity contribution in [3.8, 4) is 11.1 Å². The predicted molar refractivity (Wildman–Crippen MR) is 191 cm³/mol. The summed E-state index contributed by atoms with van der Waals surface area (Å²) in [6, 6.07) is 24.6. The fraction of sp³-hybridized carbons (Fsp3) is 0.487. The summed E-state index contributed by atoms with van der Waals surface area (Å²) in [6.45, 7) is 2.64. The van der Waals surface area contributed by atoms with Crippen LogP contribution in [0.3, 0.4) is 0 Å². The van der Waals surface area contributed by atoms with Crippen LogP contribution in [0.2, 0.25) is 0 Å². The third-order valence-electron chi connectivity index (χ3n) is 11.4. The van der Waals surface area contributed by atoms with Crippen LogP contribution in [0.1, 0.15) is 80.1 Å². The highest BCUT2D eigenvalue weighted by molar-refractivity contribution is 7.99. The van der Waals surface area contributed by atoms with E-state index < -0.39 is 6.29 Å². The molecule has 0 radical (unpaired) electrons. The number of amides is 2. The highest BCUT2D eigenvalue weighted by atomic mass is 32.2. The molecule has 4 bridgehead atoms. The van der Waals surface area contributed by atoms with Crippen molar-refractivity contribution < 1.29 is 19.4 Å². The quantitative estimate of drug-likeness (QED) is 0.156. The first kappa shape index (κ1) is 33.4. The summed E-state index contributed by atoms with van der Waals surface area (Å²) >= 11 is 1.57. The van der Waals surface area contributed by atoms with Crippen molar-refractivity contribution in [2.24, 2.45) is 30.7 Å². The summed E-state index contributed by atoms with van der Waals surface area (Å²) in [7, 11) is 1.83. The van der Waals surface area contributed by atoms with E-state index in [2.05, 4.69) is 75.5 Å². The number of aliphatic hydroxyl groups excluding tert-OH is 1. The Morgan fingerprint density at radius 1 is 0.920 bits per heavy atom. The molecule has 2 amide bonds. The minimum Gasteiger partial charge on any atom is -0.392 e. The third-order valence-corrected chi connectivity index (χ3v) is 12.5. The number of urea groups is 1. The van der Waals surface area contributed by atoms with Crippen LogP contribution in [0.5, 0.6) is 0 Å². The zero-order valence-electron chi connectivity index (χ0n) is 28.7. The maximum absolute atomic E-state index is 13.1. The zero-order chi connectivity index (χ0) is 34.2. The molecular weight excluding hydrogens is 649 g/mol. The molecule has 3 aromatic carbocycles. The molecule has 50 heavy (non-hydrogen) atoms. The Morgan fingerprint density at radius 2 is 1.62 bits per heavy atom. The summed E-state index contributed by atoms with van der Waals surface area (Å²) in [4.78, 5) is 13.1. The maximum Gasteiger partial charge on any atom is 0.315 e. The molecule has 1 saturated heterocycles. The Labute approximate surface area is 297 Å². The molecule has 5 fully saturated rings. The Hall–Kier alpha value is -3.77. The smallest absolute Gasteiger partial charge is 0.315 e. The molecule has 4 aromatic rings. The molecule has 9 rings (SSSR count). The second-order valence-electron chi connectivity index (χ2n) is 15.0. The largest absolute Gasteiger partial charge is 0.392 e. The minimum absolute atomic E-state index is 0.000859. The van der Waals surface area contributed by atoms with E-state index in [0.29, 0.717) is 12.3 Å². The summed E-state index contributed by atoms with van der Waals surface area (Å²) < 4.78 is 14.9. The average molecular weight is 695 g/mol. The van der Waals surface area contributed by atoms with Crippen LogP contribution in [-0.4, -0.2) is 48.7 Å². The van der Waals surface area contributed by atoms with Crippen molar-refractivity contribution in [2.75, 3.05) is 5.75 Å². The Kier molecular flexibility index (Phi) is 9.41. The standard InChI is InChI=1S/C39H46N6O4S/c1-24-34(23-50-38-42-43-44-45(38)2)48-36(49-35(24)31-8-6-25(22-46)7-9-31)32-12-10-30(11-13-32)33-5-3-4-26(17-33)21-40-37(47)41-39-18-27-14-28(19-39)16-29(15-27)20-39/h3-13,17,24,27-29,34-36,46H,14-16,18-23H2,1-2H3,(H2,40,41,47)/t24-,27?,28?,29?,34+,35+,36+,39?/m1/s1. The number of aryl methyl sites for hydroxylation is 1. The number of nitrogens with zero attached hydrogens (tertiary/aromatic N) is 4. The number of rotatable bonds is 10. The van der Waals surface area contributed by atoms with Crippen molar-refractivity contribution in [1.82, 2.24) is 30.8 Å². The Balaban J connectivity index is 0.936. The first-order chi connectivity index (χ1) is 24.3. The molecule has 4 atom stereocenters. The number of thioether (sulfide) groups is 1. The second-order valence-corrected chi connectivity index (χ2v) is 16.0. The van der Waals surface area contributed by atoms with Gasteiger partial charge in [-0.3, -0.25) is 0 Å². The van der Waals surface area contributed by atoms with E-state index in [1.807, 2.05) is 37.4 Å². The summed E-state index contributed by atoms with van der Waals surface area (Å²) in [5.74, 6) is 3.11. The van der Waals surface area contributed by atoms with E-state index in [1.165, 1.54) is 19.3 Å². The van der Waals surface area contributed by atoms with Crippen molar-refractivity contribution >= 4 is 17.8 Å². The van der Waals surface area contributed by atoms with Gasteiger partial charge in [0.25, 0.3) is 0 Å². The maximum atomic E-state index is 13.1. The monoisotopic (exact) mass is 694 g/mol. The lowest BCUT2D eigenvalue weighted by Gasteiger charge is -2.56. The number of aliphatic hydroxyl groups is 1. The van der Waals surface area contributed by atoms with Crippen LogP contribution < -0.4 is 10.6 Å². The number of benzene rings is 3. The van der Waals surface area contributed by atoms with Gasteiger partial charge in [-0.2, -0.15) is 0 Å². The summed E-state index contributed by atoms with van der Waals surface area (Å²) in [5.41, 5.74) is 6.08. The van der Waals surface area contributed by atoms with Crippen LogP contribution in [0, 0.1) is 23.7 Å². The molecule has 10 nitrogen and oxygen atoms in total. The number of nitrogens with one attached hydrogen (secondary N) is 2. The van der Waals surface area contributed by atoms with Crippen molar-refractivity contribution in [2.45, 2.75) is 87.8 Å². The molecule has 5 aliphatic rings. The molecule has 11 heteroatoms. The van der Waals surface area contributed by atoms with Gasteiger partial charge in [0.2, 0.25) is 5.16 Å². The molecule has 4 saturated carbocycles. The topological polar surface area (TPSA) is 123 Å². The van der Waals surface area contributed by atoms with Gasteiger partial charge in [0, 0.05) is 36.4 Å². The highest BCUT2D eigenvalue weighted by Gasteiger charge is 2.51. The van der Waals surface area contributed by atoms with Crippen molar-refractivity contribution in [3.63, 3.8) is 0 Å². The second kappa shape index (κ2) is 14.1. The number of hydrogen-bond donors (Lipinski definition) is 3. The van der Waals surface area contributed by atoms with E-state index in [1.54, 1.807) is 16.4 Å². The Bertz CT molecular complexity index is 1760. The van der Waals surface area contributed by atoms with E-state index >= 15 is 0 Å². The lowest BCUT2D eigenvalue weighted by atomic mass is 9.53. The average Bonchev–Trinajstić information content (AvgIpc) is 3.54. The molecule has 4 aliphatic carbocycles. The number of aromatic nitrogens is 4. The van der Waals surface area contributed by atoms with Gasteiger partial charge in [0.1, 0.15) is 0 Å². The molecule has 262 valence electrons. The normalized spacial score (nSPS) is 29.9. The van der Waals surface area contributed by atoms with Crippen molar-refractivity contribution in [3.05, 3.63) is 95.1 Å². The van der Waals surface area contributed by atoms with Gasteiger partial charge in [-0.15, -0.1) is 5.10 Å².